The molecule has 0 bridgehead atoms. The van der Waals surface area contributed by atoms with Gasteiger partial charge in [0.1, 0.15) is 24.2 Å². The zero-order valence-corrected chi connectivity index (χ0v) is 58.7. The number of amides is 11. The summed E-state index contributed by atoms with van der Waals surface area (Å²) in [6.07, 6.45) is 0.686. The van der Waals surface area contributed by atoms with Crippen molar-refractivity contribution in [2.75, 3.05) is 66.9 Å². The molecule has 2 saturated heterocycles. The van der Waals surface area contributed by atoms with Crippen molar-refractivity contribution < 1.29 is 67.3 Å². The number of urea groups is 1. The van der Waals surface area contributed by atoms with Crippen molar-refractivity contribution in [2.45, 2.75) is 194 Å². The molecule has 2 aliphatic rings. The third kappa shape index (κ3) is 23.9. The molecule has 13 atom stereocenters. The fourth-order valence-electron chi connectivity index (χ4n) is 13.0. The SMILES string of the molecule is CC[C@H](C)[C@@H]([C@@H](CC(=O)N1CCC[C@H]1[C@H](OC)[C@@H](C)C(=O)N[C@@H](Cc1ccccc1)C(=O)NCc1ccc(NC(=O)[C@H](CCCNC(N)=O)NC(=O)[C@@H](NC(=O)CCC(=O)N2CCC(C(=O)O)C(C)C2)C(C)C)cc1)OC)N(C)C(=O)[C@@H](NC(=O)[C@H](C(C)C)N(C)C)C(C)C. The Morgan fingerprint density at radius 1 is 0.684 bits per heavy atom. The van der Waals surface area contributed by atoms with Crippen LogP contribution in [0.3, 0.4) is 0 Å². The van der Waals surface area contributed by atoms with Crippen LogP contribution in [0.5, 0.6) is 0 Å². The predicted octanol–water partition coefficient (Wildman–Crippen LogP) is 4.04. The van der Waals surface area contributed by atoms with Crippen LogP contribution in [0.2, 0.25) is 0 Å². The molecule has 2 unspecified atom stereocenters. The van der Waals surface area contributed by atoms with Gasteiger partial charge >= 0.3 is 12.0 Å². The topological polar surface area (TPSA) is 350 Å². The number of hydrogen-bond donors (Lipinski definition) is 9. The highest BCUT2D eigenvalue weighted by atomic mass is 16.5. The highest BCUT2D eigenvalue weighted by molar-refractivity contribution is 5.99. The van der Waals surface area contributed by atoms with Gasteiger partial charge in [-0.2, -0.15) is 0 Å². The maximum Gasteiger partial charge on any atom is 0.312 e. The monoisotopic (exact) mass is 1330 g/mol. The van der Waals surface area contributed by atoms with E-state index in [2.05, 4.69) is 37.2 Å². The largest absolute Gasteiger partial charge is 0.481 e. The van der Waals surface area contributed by atoms with E-state index in [0.29, 0.717) is 43.5 Å². The Hall–Kier alpha value is -7.71. The van der Waals surface area contributed by atoms with E-state index in [4.69, 9.17) is 15.2 Å². The van der Waals surface area contributed by atoms with Gasteiger partial charge in [-0.3, -0.25) is 52.8 Å². The maximum atomic E-state index is 14.6. The summed E-state index contributed by atoms with van der Waals surface area (Å²) < 4.78 is 12.2. The second-order valence-corrected chi connectivity index (χ2v) is 27.0. The quantitative estimate of drug-likeness (QED) is 0.0431. The van der Waals surface area contributed by atoms with E-state index in [1.807, 2.05) is 90.9 Å². The van der Waals surface area contributed by atoms with E-state index in [1.54, 1.807) is 73.7 Å². The van der Waals surface area contributed by atoms with Crippen LogP contribution in [0.1, 0.15) is 138 Å². The number of likely N-dealkylation sites (N-methyl/N-ethyl adjacent to an activating group) is 2. The average Bonchev–Trinajstić information content (AvgIpc) is 1.81. The molecule has 530 valence electrons. The van der Waals surface area contributed by atoms with Gasteiger partial charge in [0.15, 0.2) is 0 Å². The summed E-state index contributed by atoms with van der Waals surface area (Å²) >= 11 is 0. The number of carboxylic acid groups (broad SMARTS) is 1. The Bertz CT molecular complexity index is 2870. The lowest BCUT2D eigenvalue weighted by Gasteiger charge is -2.41. The van der Waals surface area contributed by atoms with Crippen LogP contribution in [0.25, 0.3) is 0 Å². The van der Waals surface area contributed by atoms with Crippen LogP contribution in [-0.2, 0) is 70.4 Å². The van der Waals surface area contributed by atoms with Gasteiger partial charge in [-0.15, -0.1) is 0 Å². The first-order valence-electron chi connectivity index (χ1n) is 33.6. The number of ether oxygens (including phenoxy) is 2. The van der Waals surface area contributed by atoms with Crippen molar-refractivity contribution >= 4 is 70.9 Å². The van der Waals surface area contributed by atoms with Gasteiger partial charge in [-0.25, -0.2) is 4.79 Å². The fourth-order valence-corrected chi connectivity index (χ4v) is 13.0. The Balaban J connectivity index is 1.43. The van der Waals surface area contributed by atoms with Gasteiger partial charge in [0.05, 0.1) is 48.6 Å². The Morgan fingerprint density at radius 3 is 1.88 bits per heavy atom. The average molecular weight is 1330 g/mol. The minimum Gasteiger partial charge on any atom is -0.481 e. The van der Waals surface area contributed by atoms with E-state index >= 15 is 0 Å². The summed E-state index contributed by atoms with van der Waals surface area (Å²) in [6, 6.07) is 9.46. The summed E-state index contributed by atoms with van der Waals surface area (Å²) in [5.74, 6) is -7.16. The van der Waals surface area contributed by atoms with E-state index in [9.17, 15) is 57.8 Å². The van der Waals surface area contributed by atoms with E-state index < -0.39 is 114 Å². The van der Waals surface area contributed by atoms with Gasteiger partial charge in [-0.05, 0) is 99.0 Å². The second kappa shape index (κ2) is 38.7. The highest BCUT2D eigenvalue weighted by Crippen LogP contribution is 2.31. The fraction of sp³-hybridized carbons (Fsp3) is 0.667. The number of hydrogen-bond acceptors (Lipinski definition) is 14. The maximum absolute atomic E-state index is 14.6. The molecule has 0 aromatic heterocycles. The van der Waals surface area contributed by atoms with Crippen molar-refractivity contribution in [3.63, 3.8) is 0 Å². The molecule has 0 spiro atoms. The van der Waals surface area contributed by atoms with Gasteiger partial charge in [-0.1, -0.05) is 118 Å². The first-order valence-corrected chi connectivity index (χ1v) is 33.6. The molecule has 26 heteroatoms. The molecule has 2 heterocycles. The standard InChI is InChI=1S/C69H110N12O14/c1-16-43(8)60(79(13)67(90)58(41(4)5)77-66(89)59(42(6)7)78(11)12)53(94-14)37-56(84)81-34-21-25-52(81)61(95-15)45(10)62(85)75-51(36-46-22-18-17-19-23-46)63(86)72-38-47-26-28-48(29-27-47)73-64(87)50(24-20-33-71-69(70)93)74-65(88)57(40(2)3)76-54(82)30-31-55(83)80-35-32-49(68(91)92)44(9)39-80/h17-19,22-23,26-29,40-45,49-53,57-61H,16,20-21,24-25,30-39H2,1-15H3,(H,72,86)(H,73,87)(H,74,88)(H,75,85)(H,76,82)(H,77,89)(H,91,92)(H3,70,71,93)/t43-,44?,45+,49?,50-,51-,52-,53+,57-,58-,59-,60-,61+/m0/s1. The Kier molecular flexibility index (Phi) is 32.5. The molecule has 95 heavy (non-hydrogen) atoms. The summed E-state index contributed by atoms with van der Waals surface area (Å²) in [7, 11) is 8.38. The molecule has 0 saturated carbocycles. The first-order chi connectivity index (χ1) is 44.8. The number of primary amides is 1. The third-order valence-corrected chi connectivity index (χ3v) is 18.6. The van der Waals surface area contributed by atoms with Crippen LogP contribution in [0, 0.1) is 41.4 Å². The minimum atomic E-state index is -1.14. The summed E-state index contributed by atoms with van der Waals surface area (Å²) in [6.45, 7) is 19.7. The number of nitrogens with one attached hydrogen (secondary N) is 7. The summed E-state index contributed by atoms with van der Waals surface area (Å²) in [5, 5.41) is 29.2. The van der Waals surface area contributed by atoms with Crippen LogP contribution >= 0.6 is 0 Å². The van der Waals surface area contributed by atoms with Crippen molar-refractivity contribution in [1.29, 1.82) is 0 Å². The molecule has 2 fully saturated rings. The van der Waals surface area contributed by atoms with Gasteiger partial charge in [0.2, 0.25) is 53.2 Å². The number of anilines is 1. The van der Waals surface area contributed by atoms with Crippen LogP contribution in [-0.4, -0.2) is 206 Å². The molecule has 26 nitrogen and oxygen atoms in total. The van der Waals surface area contributed by atoms with Crippen LogP contribution < -0.4 is 43.0 Å². The Labute approximate surface area is 561 Å². The molecule has 2 aromatic rings. The molecular formula is C69H110N12O14. The summed E-state index contributed by atoms with van der Waals surface area (Å²) in [5.41, 5.74) is 7.05. The minimum absolute atomic E-state index is 0.00816. The molecule has 2 aromatic carbocycles. The third-order valence-electron chi connectivity index (χ3n) is 18.6. The highest BCUT2D eigenvalue weighted by Gasteiger charge is 2.44. The van der Waals surface area contributed by atoms with Gasteiger partial charge in [0, 0.05) is 78.9 Å². The lowest BCUT2D eigenvalue weighted by Crippen LogP contribution is -2.59. The number of rotatable bonds is 37. The van der Waals surface area contributed by atoms with Crippen molar-refractivity contribution in [1.82, 2.24) is 51.5 Å². The first kappa shape index (κ1) is 79.7. The van der Waals surface area contributed by atoms with Gasteiger partial charge < -0.3 is 72.2 Å². The molecule has 0 radical (unpaired) electrons. The zero-order valence-electron chi connectivity index (χ0n) is 58.7. The number of piperidine rings is 1. The van der Waals surface area contributed by atoms with Crippen molar-refractivity contribution in [2.24, 2.45) is 47.2 Å². The second-order valence-electron chi connectivity index (χ2n) is 27.0. The van der Waals surface area contributed by atoms with Crippen molar-refractivity contribution in [3.8, 4) is 0 Å². The van der Waals surface area contributed by atoms with Crippen LogP contribution in [0.15, 0.2) is 54.6 Å². The van der Waals surface area contributed by atoms with Crippen molar-refractivity contribution in [3.05, 3.63) is 65.7 Å². The molecule has 0 aliphatic carbocycles. The molecule has 2 aliphatic heterocycles. The number of carboxylic acids is 1. The zero-order chi connectivity index (χ0) is 71.0. The van der Waals surface area contributed by atoms with E-state index in [-0.39, 0.29) is 112 Å². The predicted molar refractivity (Wildman–Crippen MR) is 360 cm³/mol. The number of nitrogens with zero attached hydrogens (tertiary/aromatic N) is 4. The normalized spacial score (nSPS) is 18.8. The number of carbonyl (C=O) groups is 11. The number of likely N-dealkylation sites (tertiary alicyclic amines) is 2. The van der Waals surface area contributed by atoms with Crippen LogP contribution in [0.4, 0.5) is 10.5 Å². The number of benzene rings is 2. The molecule has 11 amide bonds. The number of methoxy groups -OCH3 is 2. The number of aliphatic carboxylic acids is 1. The molecule has 10 N–H and O–H groups in total. The lowest BCUT2D eigenvalue weighted by atomic mass is 9.87. The van der Waals surface area contributed by atoms with E-state index in [1.165, 1.54) is 14.2 Å². The summed E-state index contributed by atoms with van der Waals surface area (Å²) in [4.78, 5) is 155. The van der Waals surface area contributed by atoms with Gasteiger partial charge in [0.25, 0.3) is 0 Å². The van der Waals surface area contributed by atoms with E-state index in [0.717, 1.165) is 5.56 Å². The molecular weight excluding hydrogens is 1220 g/mol. The number of nitrogens with two attached hydrogens (primary N) is 1. The number of carbonyl (C=O) groups excluding carboxylic acids is 10. The Morgan fingerprint density at radius 2 is 1.33 bits per heavy atom. The molecule has 4 rings (SSSR count). The smallest absolute Gasteiger partial charge is 0.312 e. The lowest BCUT2D eigenvalue weighted by molar-refractivity contribution is -0.148.